The van der Waals surface area contributed by atoms with Crippen molar-refractivity contribution >= 4 is 22.7 Å². The third-order valence-electron chi connectivity index (χ3n) is 3.30. The van der Waals surface area contributed by atoms with E-state index in [2.05, 4.69) is 5.16 Å². The average molecular weight is 313 g/mol. The van der Waals surface area contributed by atoms with Crippen molar-refractivity contribution in [3.05, 3.63) is 65.6 Å². The second-order valence-electron chi connectivity index (χ2n) is 4.87. The highest BCUT2D eigenvalue weighted by Gasteiger charge is 2.16. The number of benzene rings is 2. The van der Waals surface area contributed by atoms with E-state index in [-0.39, 0.29) is 12.0 Å². The molecule has 6 heteroatoms. The van der Waals surface area contributed by atoms with E-state index >= 15 is 0 Å². The van der Waals surface area contributed by atoms with Gasteiger partial charge in [0.2, 0.25) is 5.78 Å². The molecule has 1 aromatic heterocycles. The van der Waals surface area contributed by atoms with Crippen molar-refractivity contribution in [1.29, 1.82) is 0 Å². The molecule has 0 atom stereocenters. The summed E-state index contributed by atoms with van der Waals surface area (Å²) < 4.78 is 23.4. The molecule has 0 amide bonds. The predicted octanol–water partition coefficient (Wildman–Crippen LogP) is 2.94. The Morgan fingerprint density at radius 2 is 1.83 bits per heavy atom. The Bertz CT molecular complexity index is 872. The van der Waals surface area contributed by atoms with Crippen molar-refractivity contribution < 1.29 is 23.2 Å². The number of hydrogen-bond donors (Lipinski definition) is 0. The zero-order valence-electron chi connectivity index (χ0n) is 12.0. The number of ketones is 1. The van der Waals surface area contributed by atoms with Gasteiger partial charge in [-0.2, -0.15) is 0 Å². The van der Waals surface area contributed by atoms with E-state index in [1.165, 1.54) is 18.2 Å². The summed E-state index contributed by atoms with van der Waals surface area (Å²) in [6.07, 6.45) is -0.123. The number of para-hydroxylation sites is 1. The topological polar surface area (TPSA) is 69.4 Å². The van der Waals surface area contributed by atoms with E-state index in [0.29, 0.717) is 16.7 Å². The van der Waals surface area contributed by atoms with Crippen LogP contribution in [0.4, 0.5) is 4.39 Å². The summed E-state index contributed by atoms with van der Waals surface area (Å²) in [4.78, 5) is 23.7. The first-order valence-electron chi connectivity index (χ1n) is 6.92. The Hall–Kier alpha value is -3.02. The van der Waals surface area contributed by atoms with Crippen LogP contribution in [-0.2, 0) is 16.0 Å². The fourth-order valence-electron chi connectivity index (χ4n) is 2.16. The van der Waals surface area contributed by atoms with Gasteiger partial charge in [-0.3, -0.25) is 9.59 Å². The van der Waals surface area contributed by atoms with Gasteiger partial charge in [0, 0.05) is 5.39 Å². The zero-order chi connectivity index (χ0) is 16.2. The Labute approximate surface area is 130 Å². The number of esters is 1. The smallest absolute Gasteiger partial charge is 0.312 e. The minimum atomic E-state index is -0.643. The van der Waals surface area contributed by atoms with Gasteiger partial charge in [-0.05, 0) is 24.3 Å². The normalized spacial score (nSPS) is 10.7. The molecular formula is C17H12FNO4. The number of rotatable bonds is 5. The lowest BCUT2D eigenvalue weighted by Gasteiger charge is -2.04. The van der Waals surface area contributed by atoms with Gasteiger partial charge in [-0.25, -0.2) is 4.39 Å². The molecule has 116 valence electrons. The summed E-state index contributed by atoms with van der Waals surface area (Å²) in [7, 11) is 0. The van der Waals surface area contributed by atoms with E-state index in [0.717, 1.165) is 0 Å². The van der Waals surface area contributed by atoms with Gasteiger partial charge >= 0.3 is 5.97 Å². The molecule has 0 saturated heterocycles. The molecule has 0 spiro atoms. The standard InChI is InChI=1S/C17H12FNO4/c18-13-7-3-1-5-11(13)15(20)10-22-17(21)9-14-12-6-2-4-8-16(12)23-19-14/h1-8H,9-10H2. The van der Waals surface area contributed by atoms with Gasteiger partial charge in [0.1, 0.15) is 11.5 Å². The summed E-state index contributed by atoms with van der Waals surface area (Å²) in [6.45, 7) is -0.518. The molecule has 1 heterocycles. The summed E-state index contributed by atoms with van der Waals surface area (Å²) in [6, 6.07) is 12.7. The van der Waals surface area contributed by atoms with Gasteiger partial charge in [0.15, 0.2) is 12.2 Å². The van der Waals surface area contributed by atoms with Crippen molar-refractivity contribution in [3.8, 4) is 0 Å². The van der Waals surface area contributed by atoms with Crippen LogP contribution in [0, 0.1) is 5.82 Å². The molecule has 0 fully saturated rings. The molecule has 0 N–H and O–H groups in total. The Morgan fingerprint density at radius 3 is 2.65 bits per heavy atom. The van der Waals surface area contributed by atoms with Gasteiger partial charge in [0.25, 0.3) is 0 Å². The molecular weight excluding hydrogens is 301 g/mol. The number of hydrogen-bond acceptors (Lipinski definition) is 5. The number of aromatic nitrogens is 1. The number of ether oxygens (including phenoxy) is 1. The van der Waals surface area contributed by atoms with E-state index in [4.69, 9.17) is 9.26 Å². The predicted molar refractivity (Wildman–Crippen MR) is 79.4 cm³/mol. The number of Topliss-reactive ketones (excluding diaryl/α,β-unsaturated/α-hetero) is 1. The second-order valence-corrected chi connectivity index (χ2v) is 4.87. The lowest BCUT2D eigenvalue weighted by atomic mass is 10.1. The highest BCUT2D eigenvalue weighted by atomic mass is 19.1. The summed E-state index contributed by atoms with van der Waals surface area (Å²) in [5.41, 5.74) is 0.897. The highest BCUT2D eigenvalue weighted by molar-refractivity contribution is 5.98. The van der Waals surface area contributed by atoms with Gasteiger partial charge in [0.05, 0.1) is 12.0 Å². The number of halogens is 1. The summed E-state index contributed by atoms with van der Waals surface area (Å²) >= 11 is 0. The first-order chi connectivity index (χ1) is 11.1. The SMILES string of the molecule is O=C(Cc1noc2ccccc12)OCC(=O)c1ccccc1F. The van der Waals surface area contributed by atoms with Crippen molar-refractivity contribution in [1.82, 2.24) is 5.16 Å². The van der Waals surface area contributed by atoms with Crippen molar-refractivity contribution in [2.24, 2.45) is 0 Å². The maximum Gasteiger partial charge on any atom is 0.312 e. The number of carbonyl (C=O) groups excluding carboxylic acids is 2. The number of carbonyl (C=O) groups is 2. The average Bonchev–Trinajstić information content (AvgIpc) is 2.96. The summed E-state index contributed by atoms with van der Waals surface area (Å²) in [5, 5.41) is 4.53. The van der Waals surface area contributed by atoms with E-state index < -0.39 is 24.2 Å². The van der Waals surface area contributed by atoms with Crippen molar-refractivity contribution in [3.63, 3.8) is 0 Å². The van der Waals surface area contributed by atoms with Crippen LogP contribution in [0.15, 0.2) is 53.1 Å². The van der Waals surface area contributed by atoms with E-state index in [1.807, 2.05) is 0 Å². The molecule has 0 aliphatic carbocycles. The molecule has 23 heavy (non-hydrogen) atoms. The monoisotopic (exact) mass is 313 g/mol. The molecule has 0 bridgehead atoms. The minimum absolute atomic E-state index is 0.104. The van der Waals surface area contributed by atoms with Crippen LogP contribution in [0.3, 0.4) is 0 Å². The maximum atomic E-state index is 13.5. The summed E-state index contributed by atoms with van der Waals surface area (Å²) in [5.74, 6) is -1.87. The van der Waals surface area contributed by atoms with Crippen molar-refractivity contribution in [2.75, 3.05) is 6.61 Å². The van der Waals surface area contributed by atoms with Crippen LogP contribution in [0.5, 0.6) is 0 Å². The molecule has 5 nitrogen and oxygen atoms in total. The molecule has 0 radical (unpaired) electrons. The van der Waals surface area contributed by atoms with Crippen LogP contribution in [0.2, 0.25) is 0 Å². The lowest BCUT2D eigenvalue weighted by molar-refractivity contribution is -0.141. The fraction of sp³-hybridized carbons (Fsp3) is 0.118. The number of fused-ring (bicyclic) bond motifs is 1. The zero-order valence-corrected chi connectivity index (χ0v) is 12.0. The van der Waals surface area contributed by atoms with Crippen LogP contribution in [0.1, 0.15) is 16.1 Å². The first-order valence-corrected chi connectivity index (χ1v) is 6.92. The molecule has 2 aromatic carbocycles. The molecule has 3 rings (SSSR count). The first kappa shape index (κ1) is 14.9. The van der Waals surface area contributed by atoms with E-state index in [9.17, 15) is 14.0 Å². The van der Waals surface area contributed by atoms with E-state index in [1.54, 1.807) is 30.3 Å². The van der Waals surface area contributed by atoms with Gasteiger partial charge in [-0.1, -0.05) is 29.4 Å². The maximum absolute atomic E-state index is 13.5. The highest BCUT2D eigenvalue weighted by Crippen LogP contribution is 2.18. The van der Waals surface area contributed by atoms with Crippen LogP contribution < -0.4 is 0 Å². The molecule has 0 saturated carbocycles. The number of nitrogens with zero attached hydrogens (tertiary/aromatic N) is 1. The fourth-order valence-corrected chi connectivity index (χ4v) is 2.16. The van der Waals surface area contributed by atoms with Crippen LogP contribution in [0.25, 0.3) is 11.0 Å². The quantitative estimate of drug-likeness (QED) is 0.535. The Kier molecular flexibility index (Phi) is 4.14. The lowest BCUT2D eigenvalue weighted by Crippen LogP contribution is -2.16. The molecule has 0 aliphatic heterocycles. The van der Waals surface area contributed by atoms with Crippen LogP contribution in [-0.4, -0.2) is 23.5 Å². The minimum Gasteiger partial charge on any atom is -0.457 e. The van der Waals surface area contributed by atoms with Crippen molar-refractivity contribution in [2.45, 2.75) is 6.42 Å². The Balaban J connectivity index is 1.62. The Morgan fingerprint density at radius 1 is 1.09 bits per heavy atom. The van der Waals surface area contributed by atoms with Crippen LogP contribution >= 0.6 is 0 Å². The largest absolute Gasteiger partial charge is 0.457 e. The molecule has 0 aliphatic rings. The molecule has 0 unspecified atom stereocenters. The molecule has 3 aromatic rings. The second kappa shape index (κ2) is 6.39. The van der Waals surface area contributed by atoms with Gasteiger partial charge in [-0.15, -0.1) is 0 Å². The van der Waals surface area contributed by atoms with Gasteiger partial charge < -0.3 is 9.26 Å². The third-order valence-corrected chi connectivity index (χ3v) is 3.30. The third kappa shape index (κ3) is 3.26.